The van der Waals surface area contributed by atoms with E-state index in [1.807, 2.05) is 43.7 Å². The number of aromatic amines is 2. The maximum atomic E-state index is 11.5. The third kappa shape index (κ3) is 3.44. The second-order valence-corrected chi connectivity index (χ2v) is 4.52. The third-order valence-corrected chi connectivity index (χ3v) is 2.36. The summed E-state index contributed by atoms with van der Waals surface area (Å²) in [5.41, 5.74) is 0.750. The molecule has 18 heavy (non-hydrogen) atoms. The molecule has 0 aliphatic carbocycles. The van der Waals surface area contributed by atoms with E-state index in [0.717, 1.165) is 21.3 Å². The Balaban J connectivity index is 3.32. The Labute approximate surface area is 104 Å². The minimum absolute atomic E-state index is 0.137. The average Bonchev–Trinajstić information content (AvgIpc) is 2.20. The minimum atomic E-state index is -0.790. The fourth-order valence-corrected chi connectivity index (χ4v) is 1.46. The summed E-state index contributed by atoms with van der Waals surface area (Å²) in [5, 5.41) is 0. The molecule has 0 unspecified atom stereocenters. The van der Waals surface area contributed by atoms with Crippen LogP contribution < -0.4 is 17.1 Å². The topological polar surface area (TPSA) is 87.7 Å². The molecule has 0 aliphatic heterocycles. The van der Waals surface area contributed by atoms with E-state index in [1.54, 1.807) is 0 Å². The van der Waals surface area contributed by atoms with Crippen LogP contribution in [0.4, 0.5) is 0 Å². The van der Waals surface area contributed by atoms with Gasteiger partial charge >= 0.3 is 17.1 Å². The zero-order valence-electron chi connectivity index (χ0n) is 11.0. The first kappa shape index (κ1) is 14.0. The van der Waals surface area contributed by atoms with Gasteiger partial charge in [0.05, 0.1) is 6.54 Å². The van der Waals surface area contributed by atoms with Crippen molar-refractivity contribution in [3.63, 3.8) is 0 Å². The smallest absolute Gasteiger partial charge is 0.259 e. The normalized spacial score (nSPS) is 10.0. The summed E-state index contributed by atoms with van der Waals surface area (Å²) in [4.78, 5) is 38.1. The SMILES string of the molecule is CC(C)=CC(Cn1c(=O)[nH]c(=O)[nH]c1=O)=C(C)C. The van der Waals surface area contributed by atoms with Gasteiger partial charge in [0.2, 0.25) is 0 Å². The van der Waals surface area contributed by atoms with Gasteiger partial charge in [-0.1, -0.05) is 17.2 Å². The Morgan fingerprint density at radius 1 is 1.06 bits per heavy atom. The fraction of sp³-hybridized carbons (Fsp3) is 0.417. The Morgan fingerprint density at radius 2 is 1.56 bits per heavy atom. The van der Waals surface area contributed by atoms with Crippen LogP contribution in [0, 0.1) is 0 Å². The standard InChI is InChI=1S/C12H17N3O3/c1-7(2)5-9(8(3)4)6-15-11(17)13-10(16)14-12(15)18/h5H,6H2,1-4H3,(H2,13,14,16,17,18). The van der Waals surface area contributed by atoms with Crippen molar-refractivity contribution in [1.82, 2.24) is 14.5 Å². The first-order valence-electron chi connectivity index (χ1n) is 5.56. The monoisotopic (exact) mass is 251 g/mol. The molecule has 1 rings (SSSR count). The summed E-state index contributed by atoms with van der Waals surface area (Å²) in [6.07, 6.45) is 1.91. The van der Waals surface area contributed by atoms with Crippen LogP contribution in [-0.4, -0.2) is 14.5 Å². The molecular weight excluding hydrogens is 234 g/mol. The van der Waals surface area contributed by atoms with E-state index in [0.29, 0.717) is 0 Å². The van der Waals surface area contributed by atoms with Crippen LogP contribution in [0.25, 0.3) is 0 Å². The molecule has 0 atom stereocenters. The Morgan fingerprint density at radius 3 is 1.94 bits per heavy atom. The molecule has 1 heterocycles. The molecule has 0 aliphatic rings. The lowest BCUT2D eigenvalue weighted by atomic mass is 10.1. The van der Waals surface area contributed by atoms with Crippen molar-refractivity contribution < 1.29 is 0 Å². The Bertz CT molecular complexity index is 629. The number of aromatic nitrogens is 3. The van der Waals surface area contributed by atoms with E-state index < -0.39 is 17.1 Å². The van der Waals surface area contributed by atoms with Crippen LogP contribution >= 0.6 is 0 Å². The van der Waals surface area contributed by atoms with Crippen LogP contribution in [0.1, 0.15) is 27.7 Å². The highest BCUT2D eigenvalue weighted by atomic mass is 16.2. The van der Waals surface area contributed by atoms with Gasteiger partial charge in [-0.15, -0.1) is 0 Å². The summed E-state index contributed by atoms with van der Waals surface area (Å²) in [5.74, 6) is 0. The molecule has 0 bridgehead atoms. The molecule has 0 fully saturated rings. The lowest BCUT2D eigenvalue weighted by Crippen LogP contribution is -2.43. The highest BCUT2D eigenvalue weighted by molar-refractivity contribution is 5.25. The van der Waals surface area contributed by atoms with Gasteiger partial charge in [0.25, 0.3) is 0 Å². The van der Waals surface area contributed by atoms with Crippen LogP contribution in [0.5, 0.6) is 0 Å². The van der Waals surface area contributed by atoms with E-state index in [-0.39, 0.29) is 6.54 Å². The first-order chi connectivity index (χ1) is 8.31. The van der Waals surface area contributed by atoms with Gasteiger partial charge in [0.15, 0.2) is 0 Å². The molecule has 0 spiro atoms. The van der Waals surface area contributed by atoms with E-state index in [2.05, 4.69) is 0 Å². The summed E-state index contributed by atoms with van der Waals surface area (Å²) in [6, 6.07) is 0. The lowest BCUT2D eigenvalue weighted by Gasteiger charge is -2.07. The number of allylic oxidation sites excluding steroid dienone is 4. The van der Waals surface area contributed by atoms with Crippen molar-refractivity contribution in [2.45, 2.75) is 34.2 Å². The Hall–Kier alpha value is -2.11. The second kappa shape index (κ2) is 5.48. The predicted octanol–water partition coefficient (Wildman–Crippen LogP) is 0.527. The Kier molecular flexibility index (Phi) is 4.25. The summed E-state index contributed by atoms with van der Waals surface area (Å²) in [6.45, 7) is 7.81. The number of rotatable bonds is 3. The fourth-order valence-electron chi connectivity index (χ4n) is 1.46. The van der Waals surface area contributed by atoms with Gasteiger partial charge in [0.1, 0.15) is 0 Å². The molecule has 6 heteroatoms. The first-order valence-corrected chi connectivity index (χ1v) is 5.56. The number of hydrogen-bond acceptors (Lipinski definition) is 3. The van der Waals surface area contributed by atoms with E-state index in [4.69, 9.17) is 0 Å². The van der Waals surface area contributed by atoms with Crippen molar-refractivity contribution >= 4 is 0 Å². The summed E-state index contributed by atoms with van der Waals surface area (Å²) < 4.78 is 0.961. The van der Waals surface area contributed by atoms with Gasteiger partial charge in [-0.3, -0.25) is 9.97 Å². The van der Waals surface area contributed by atoms with Gasteiger partial charge in [-0.2, -0.15) is 0 Å². The molecule has 0 saturated carbocycles. The summed E-state index contributed by atoms with van der Waals surface area (Å²) >= 11 is 0. The highest BCUT2D eigenvalue weighted by Crippen LogP contribution is 2.09. The zero-order chi connectivity index (χ0) is 13.9. The number of H-pyrrole nitrogens is 2. The third-order valence-electron chi connectivity index (χ3n) is 2.36. The quantitative estimate of drug-likeness (QED) is 0.768. The summed E-state index contributed by atoms with van der Waals surface area (Å²) in [7, 11) is 0. The van der Waals surface area contributed by atoms with E-state index >= 15 is 0 Å². The molecule has 2 N–H and O–H groups in total. The van der Waals surface area contributed by atoms with Crippen LogP contribution in [0.3, 0.4) is 0 Å². The second-order valence-electron chi connectivity index (χ2n) is 4.52. The van der Waals surface area contributed by atoms with Crippen LogP contribution in [-0.2, 0) is 6.54 Å². The molecule has 1 aromatic rings. The maximum Gasteiger partial charge on any atom is 0.333 e. The van der Waals surface area contributed by atoms with Crippen molar-refractivity contribution in [2.24, 2.45) is 0 Å². The van der Waals surface area contributed by atoms with Crippen molar-refractivity contribution in [2.75, 3.05) is 0 Å². The number of nitrogens with zero attached hydrogens (tertiary/aromatic N) is 1. The average molecular weight is 251 g/mol. The van der Waals surface area contributed by atoms with Crippen molar-refractivity contribution in [3.8, 4) is 0 Å². The van der Waals surface area contributed by atoms with Gasteiger partial charge in [-0.05, 0) is 33.3 Å². The van der Waals surface area contributed by atoms with Crippen molar-refractivity contribution in [1.29, 1.82) is 0 Å². The van der Waals surface area contributed by atoms with E-state index in [9.17, 15) is 14.4 Å². The molecular formula is C12H17N3O3. The lowest BCUT2D eigenvalue weighted by molar-refractivity contribution is 0.649. The predicted molar refractivity (Wildman–Crippen MR) is 69.7 cm³/mol. The van der Waals surface area contributed by atoms with Crippen LogP contribution in [0.2, 0.25) is 0 Å². The molecule has 1 aromatic heterocycles. The number of hydrogen-bond donors (Lipinski definition) is 2. The van der Waals surface area contributed by atoms with Gasteiger partial charge in [0, 0.05) is 0 Å². The van der Waals surface area contributed by atoms with Gasteiger partial charge < -0.3 is 0 Å². The van der Waals surface area contributed by atoms with Gasteiger partial charge in [-0.25, -0.2) is 19.0 Å². The van der Waals surface area contributed by atoms with Crippen molar-refractivity contribution in [3.05, 3.63) is 54.2 Å². The largest absolute Gasteiger partial charge is 0.333 e. The zero-order valence-corrected chi connectivity index (χ0v) is 11.0. The molecule has 0 aromatic carbocycles. The number of nitrogens with one attached hydrogen (secondary N) is 2. The van der Waals surface area contributed by atoms with Crippen LogP contribution in [0.15, 0.2) is 37.2 Å². The molecule has 0 saturated heterocycles. The molecule has 0 radical (unpaired) electrons. The molecule has 0 amide bonds. The molecule has 6 nitrogen and oxygen atoms in total. The maximum absolute atomic E-state index is 11.5. The molecule has 98 valence electrons. The van der Waals surface area contributed by atoms with E-state index in [1.165, 1.54) is 0 Å². The highest BCUT2D eigenvalue weighted by Gasteiger charge is 2.05. The minimum Gasteiger partial charge on any atom is -0.259 e.